The van der Waals surface area contributed by atoms with Gasteiger partial charge in [0.1, 0.15) is 0 Å². The molecular weight excluding hydrogens is 540 g/mol. The molecule has 2 aromatic carbocycles. The van der Waals surface area contributed by atoms with E-state index >= 15 is 0 Å². The molecule has 0 N–H and O–H groups in total. The third-order valence-corrected chi connectivity index (χ3v) is 6.82. The summed E-state index contributed by atoms with van der Waals surface area (Å²) in [6, 6.07) is 5.62. The molecule has 0 heterocycles. The summed E-state index contributed by atoms with van der Waals surface area (Å²) in [5, 5.41) is 21.8. The summed E-state index contributed by atoms with van der Waals surface area (Å²) in [6.07, 6.45) is 1.13. The molecule has 0 aliphatic rings. The molecule has 0 atom stereocenters. The van der Waals surface area contributed by atoms with Gasteiger partial charge in [-0.25, -0.2) is 9.59 Å². The van der Waals surface area contributed by atoms with E-state index in [1.54, 1.807) is 19.9 Å². The second-order valence-electron chi connectivity index (χ2n) is 8.09. The SMILES string of the molecule is CCC(C)(C)Sc1cc(C)c(C(=O)OC)cc1[N+](=O)[O-].COC(=O)c1cc([N+](=O)[O-])c(S)cc1C.O=C=O. The van der Waals surface area contributed by atoms with Crippen LogP contribution in [-0.2, 0) is 19.1 Å². The van der Waals surface area contributed by atoms with E-state index in [-0.39, 0.29) is 38.3 Å². The van der Waals surface area contributed by atoms with Crippen molar-refractivity contribution in [3.8, 4) is 0 Å². The van der Waals surface area contributed by atoms with Crippen molar-refractivity contribution in [1.82, 2.24) is 0 Å². The lowest BCUT2D eigenvalue weighted by molar-refractivity contribution is -0.387. The Hall–Kier alpha value is -3.74. The van der Waals surface area contributed by atoms with Gasteiger partial charge in [0, 0.05) is 16.9 Å². The maximum absolute atomic E-state index is 11.6. The first-order valence-electron chi connectivity index (χ1n) is 10.7. The molecule has 2 rings (SSSR count). The second-order valence-corrected chi connectivity index (χ2v) is 10.3. The van der Waals surface area contributed by atoms with Crippen molar-refractivity contribution in [2.75, 3.05) is 14.2 Å². The topological polar surface area (TPSA) is 173 Å². The van der Waals surface area contributed by atoms with Gasteiger partial charge in [-0.3, -0.25) is 20.2 Å². The number of rotatable bonds is 7. The van der Waals surface area contributed by atoms with E-state index in [0.717, 1.165) is 6.42 Å². The first-order chi connectivity index (χ1) is 17.6. The number of methoxy groups -OCH3 is 2. The van der Waals surface area contributed by atoms with E-state index in [4.69, 9.17) is 9.59 Å². The van der Waals surface area contributed by atoms with Crippen LogP contribution < -0.4 is 0 Å². The summed E-state index contributed by atoms with van der Waals surface area (Å²) >= 11 is 5.41. The molecule has 0 aromatic heterocycles. The van der Waals surface area contributed by atoms with Crippen LogP contribution in [0.15, 0.2) is 34.1 Å². The monoisotopic (exact) mass is 568 g/mol. The highest BCUT2D eigenvalue weighted by Gasteiger charge is 2.26. The number of carbonyl (C=O) groups is 2. The molecule has 0 unspecified atom stereocenters. The minimum Gasteiger partial charge on any atom is -0.465 e. The highest BCUT2D eigenvalue weighted by Crippen LogP contribution is 2.41. The maximum Gasteiger partial charge on any atom is 0.373 e. The van der Waals surface area contributed by atoms with Gasteiger partial charge in [0.15, 0.2) is 0 Å². The summed E-state index contributed by atoms with van der Waals surface area (Å²) in [5.41, 5.74) is 1.43. The van der Waals surface area contributed by atoms with E-state index in [0.29, 0.717) is 16.0 Å². The highest BCUT2D eigenvalue weighted by atomic mass is 32.2. The zero-order chi connectivity index (χ0) is 29.8. The van der Waals surface area contributed by atoms with Crippen molar-refractivity contribution in [3.63, 3.8) is 0 Å². The fourth-order valence-corrected chi connectivity index (χ4v) is 4.30. The van der Waals surface area contributed by atoms with Crippen molar-refractivity contribution < 1.29 is 38.5 Å². The van der Waals surface area contributed by atoms with E-state index in [1.807, 2.05) is 20.8 Å². The van der Waals surface area contributed by atoms with Gasteiger partial charge in [-0.05, 0) is 43.5 Å². The number of hydrogen-bond acceptors (Lipinski definition) is 12. The summed E-state index contributed by atoms with van der Waals surface area (Å²) in [6.45, 7) is 9.51. The lowest BCUT2D eigenvalue weighted by atomic mass is 10.1. The van der Waals surface area contributed by atoms with Crippen LogP contribution in [0.25, 0.3) is 0 Å². The molecule has 0 radical (unpaired) electrons. The van der Waals surface area contributed by atoms with Crippen molar-refractivity contribution in [1.29, 1.82) is 0 Å². The Kier molecular flexibility index (Phi) is 14.0. The van der Waals surface area contributed by atoms with Crippen LogP contribution in [0.4, 0.5) is 11.4 Å². The molecule has 206 valence electrons. The molecule has 0 spiro atoms. The van der Waals surface area contributed by atoms with Gasteiger partial charge in [0.25, 0.3) is 11.4 Å². The Morgan fingerprint density at radius 3 is 1.68 bits per heavy atom. The molecule has 12 nitrogen and oxygen atoms in total. The smallest absolute Gasteiger partial charge is 0.373 e. The quantitative estimate of drug-likeness (QED) is 0.150. The molecule has 14 heteroatoms. The Bertz CT molecular complexity index is 1240. The average Bonchev–Trinajstić information content (AvgIpc) is 2.83. The van der Waals surface area contributed by atoms with Crippen LogP contribution in [0.3, 0.4) is 0 Å². The van der Waals surface area contributed by atoms with Crippen LogP contribution in [0.5, 0.6) is 0 Å². The summed E-state index contributed by atoms with van der Waals surface area (Å²) in [4.78, 5) is 60.7. The third kappa shape index (κ3) is 9.96. The van der Waals surface area contributed by atoms with Crippen molar-refractivity contribution in [3.05, 3.63) is 66.7 Å². The standard InChI is InChI=1S/C14H19NO4S.C9H9NO4S.CO2/c1-6-14(3,4)20-12-7-9(2)10(13(16)19-5)8-11(12)15(17)18;1-5-3-8(15)7(10(12)13)4-6(5)9(11)14-2;2-1-3/h7-8H,6H2,1-5H3;3-4,15H,1-2H3;. The predicted octanol–water partition coefficient (Wildman–Crippen LogP) is 5.37. The number of thioether (sulfide) groups is 1. The Balaban J connectivity index is 0.000000674. The zero-order valence-electron chi connectivity index (χ0n) is 21.8. The lowest BCUT2D eigenvalue weighted by Crippen LogP contribution is -2.13. The molecule has 0 saturated carbocycles. The molecule has 0 fully saturated rings. The number of ether oxygens (including phenoxy) is 2. The van der Waals surface area contributed by atoms with Crippen LogP contribution in [0.2, 0.25) is 0 Å². The Labute approximate surface area is 228 Å². The number of carbonyl (C=O) groups excluding carboxylic acids is 4. The molecule has 2 aromatic rings. The lowest BCUT2D eigenvalue weighted by Gasteiger charge is -2.22. The summed E-state index contributed by atoms with van der Waals surface area (Å²) in [5.74, 6) is -1.15. The number of benzene rings is 2. The Morgan fingerprint density at radius 2 is 1.32 bits per heavy atom. The minimum absolute atomic E-state index is 0.0532. The fourth-order valence-electron chi connectivity index (χ4n) is 2.75. The maximum atomic E-state index is 11.6. The number of esters is 2. The fraction of sp³-hybridized carbons (Fsp3) is 0.375. The predicted molar refractivity (Wildman–Crippen MR) is 141 cm³/mol. The van der Waals surface area contributed by atoms with Gasteiger partial charge in [-0.1, -0.05) is 20.8 Å². The molecule has 0 aliphatic carbocycles. The van der Waals surface area contributed by atoms with Gasteiger partial charge in [0.05, 0.1) is 45.0 Å². The molecule has 38 heavy (non-hydrogen) atoms. The number of aryl methyl sites for hydroxylation is 2. The number of nitro groups is 2. The zero-order valence-corrected chi connectivity index (χ0v) is 23.6. The summed E-state index contributed by atoms with van der Waals surface area (Å²) in [7, 11) is 2.48. The second kappa shape index (κ2) is 15.5. The van der Waals surface area contributed by atoms with Gasteiger partial charge < -0.3 is 9.47 Å². The molecule has 0 aliphatic heterocycles. The van der Waals surface area contributed by atoms with E-state index in [1.165, 1.54) is 44.2 Å². The van der Waals surface area contributed by atoms with Crippen LogP contribution >= 0.6 is 24.4 Å². The first-order valence-corrected chi connectivity index (χ1v) is 12.0. The van der Waals surface area contributed by atoms with Crippen molar-refractivity contribution in [2.45, 2.75) is 55.6 Å². The van der Waals surface area contributed by atoms with Gasteiger partial charge in [-0.2, -0.15) is 9.59 Å². The minimum atomic E-state index is -0.594. The summed E-state index contributed by atoms with van der Waals surface area (Å²) < 4.78 is 9.04. The van der Waals surface area contributed by atoms with Crippen LogP contribution in [0.1, 0.15) is 59.0 Å². The van der Waals surface area contributed by atoms with Crippen molar-refractivity contribution >= 4 is 53.9 Å². The van der Waals surface area contributed by atoms with Crippen LogP contribution in [-0.4, -0.2) is 46.9 Å². The van der Waals surface area contributed by atoms with E-state index in [9.17, 15) is 29.8 Å². The highest BCUT2D eigenvalue weighted by molar-refractivity contribution is 8.00. The van der Waals surface area contributed by atoms with Crippen LogP contribution in [0, 0.1) is 34.1 Å². The number of nitro benzene ring substituents is 2. The van der Waals surface area contributed by atoms with Crippen molar-refractivity contribution in [2.24, 2.45) is 0 Å². The number of nitrogens with zero attached hydrogens (tertiary/aromatic N) is 2. The molecule has 0 amide bonds. The number of thiol groups is 1. The molecular formula is C24H28N2O10S2. The van der Waals surface area contributed by atoms with Gasteiger partial charge in [-0.15, -0.1) is 24.4 Å². The average molecular weight is 569 g/mol. The molecule has 0 bridgehead atoms. The van der Waals surface area contributed by atoms with Gasteiger partial charge in [0.2, 0.25) is 0 Å². The first kappa shape index (κ1) is 34.3. The molecule has 0 saturated heterocycles. The largest absolute Gasteiger partial charge is 0.465 e. The van der Waals surface area contributed by atoms with E-state index < -0.39 is 21.8 Å². The normalized spacial score (nSPS) is 10.0. The third-order valence-electron chi connectivity index (χ3n) is 5.07. The number of hydrogen-bond donors (Lipinski definition) is 1. The van der Waals surface area contributed by atoms with E-state index in [2.05, 4.69) is 22.1 Å². The Morgan fingerprint density at radius 1 is 0.921 bits per heavy atom. The van der Waals surface area contributed by atoms with Gasteiger partial charge >= 0.3 is 18.1 Å².